The smallest absolute Gasteiger partial charge is 0.228 e. The molecule has 0 amide bonds. The molecule has 0 unspecified atom stereocenters. The average Bonchev–Trinajstić information content (AvgIpc) is 2.83. The molecule has 0 saturated carbocycles. The summed E-state index contributed by atoms with van der Waals surface area (Å²) >= 11 is 0. The zero-order chi connectivity index (χ0) is 15.0. The molecule has 3 rings (SSSR count). The number of ketones is 1. The van der Waals surface area contributed by atoms with Crippen LogP contribution in [-0.4, -0.2) is 5.78 Å². The lowest BCUT2D eigenvalue weighted by atomic mass is 10.0. The maximum atomic E-state index is 12.6. The summed E-state index contributed by atoms with van der Waals surface area (Å²) in [6.07, 6.45) is 0. The SMILES string of the molecule is Cc1ccc2c(C)c(C(=O)c3cccc(C#N)c3)oc2c1. The number of rotatable bonds is 2. The van der Waals surface area contributed by atoms with Crippen molar-refractivity contribution >= 4 is 16.8 Å². The highest BCUT2D eigenvalue weighted by Crippen LogP contribution is 2.28. The Morgan fingerprint density at radius 2 is 1.95 bits per heavy atom. The van der Waals surface area contributed by atoms with Gasteiger partial charge >= 0.3 is 0 Å². The quantitative estimate of drug-likeness (QED) is 0.660. The molecule has 3 aromatic rings. The fourth-order valence-electron chi connectivity index (χ4n) is 2.41. The molecule has 1 aromatic heterocycles. The summed E-state index contributed by atoms with van der Waals surface area (Å²) in [7, 11) is 0. The zero-order valence-corrected chi connectivity index (χ0v) is 11.8. The van der Waals surface area contributed by atoms with E-state index in [1.807, 2.05) is 38.1 Å². The number of carbonyl (C=O) groups excluding carboxylic acids is 1. The van der Waals surface area contributed by atoms with Gasteiger partial charge in [-0.05, 0) is 37.6 Å². The number of fused-ring (bicyclic) bond motifs is 1. The predicted molar refractivity (Wildman–Crippen MR) is 80.3 cm³/mol. The van der Waals surface area contributed by atoms with Gasteiger partial charge in [0.2, 0.25) is 5.78 Å². The first-order valence-electron chi connectivity index (χ1n) is 6.65. The summed E-state index contributed by atoms with van der Waals surface area (Å²) in [4.78, 5) is 12.6. The van der Waals surface area contributed by atoms with Gasteiger partial charge in [0.15, 0.2) is 5.76 Å². The van der Waals surface area contributed by atoms with Crippen LogP contribution in [0.3, 0.4) is 0 Å². The van der Waals surface area contributed by atoms with Crippen LogP contribution in [0.15, 0.2) is 46.9 Å². The number of hydrogen-bond acceptors (Lipinski definition) is 3. The molecule has 0 bridgehead atoms. The van der Waals surface area contributed by atoms with Gasteiger partial charge in [0.25, 0.3) is 0 Å². The van der Waals surface area contributed by atoms with Crippen LogP contribution >= 0.6 is 0 Å². The van der Waals surface area contributed by atoms with E-state index in [0.717, 1.165) is 16.5 Å². The minimum absolute atomic E-state index is 0.196. The average molecular weight is 275 g/mol. The molecule has 0 spiro atoms. The van der Waals surface area contributed by atoms with Crippen LogP contribution in [0.4, 0.5) is 0 Å². The normalized spacial score (nSPS) is 10.5. The third-order valence-electron chi connectivity index (χ3n) is 3.55. The summed E-state index contributed by atoms with van der Waals surface area (Å²) in [5.74, 6) is 0.143. The first kappa shape index (κ1) is 13.1. The van der Waals surface area contributed by atoms with E-state index in [0.29, 0.717) is 22.5 Å². The van der Waals surface area contributed by atoms with Gasteiger partial charge in [-0.3, -0.25) is 4.79 Å². The zero-order valence-electron chi connectivity index (χ0n) is 11.8. The number of aryl methyl sites for hydroxylation is 2. The van der Waals surface area contributed by atoms with Crippen molar-refractivity contribution in [2.45, 2.75) is 13.8 Å². The second-order valence-corrected chi connectivity index (χ2v) is 5.08. The Labute approximate surface area is 122 Å². The van der Waals surface area contributed by atoms with Crippen LogP contribution < -0.4 is 0 Å². The largest absolute Gasteiger partial charge is 0.452 e. The lowest BCUT2D eigenvalue weighted by Crippen LogP contribution is -2.01. The van der Waals surface area contributed by atoms with Crippen LogP contribution in [0.25, 0.3) is 11.0 Å². The van der Waals surface area contributed by atoms with Gasteiger partial charge in [0, 0.05) is 16.5 Å². The van der Waals surface area contributed by atoms with E-state index in [4.69, 9.17) is 9.68 Å². The molecule has 0 atom stereocenters. The van der Waals surface area contributed by atoms with Crippen LogP contribution in [0.2, 0.25) is 0 Å². The summed E-state index contributed by atoms with van der Waals surface area (Å²) in [5.41, 5.74) is 3.56. The van der Waals surface area contributed by atoms with E-state index in [1.165, 1.54) is 0 Å². The van der Waals surface area contributed by atoms with E-state index in [9.17, 15) is 4.79 Å². The van der Waals surface area contributed by atoms with Gasteiger partial charge in [0.05, 0.1) is 11.6 Å². The third kappa shape index (κ3) is 2.21. The highest BCUT2D eigenvalue weighted by atomic mass is 16.3. The second-order valence-electron chi connectivity index (χ2n) is 5.08. The van der Waals surface area contributed by atoms with E-state index in [2.05, 4.69) is 0 Å². The van der Waals surface area contributed by atoms with Crippen LogP contribution in [0.1, 0.15) is 32.8 Å². The molecule has 102 valence electrons. The topological polar surface area (TPSA) is 54.0 Å². The lowest BCUT2D eigenvalue weighted by molar-refractivity contribution is 0.101. The molecule has 0 saturated heterocycles. The van der Waals surface area contributed by atoms with E-state index < -0.39 is 0 Å². The van der Waals surface area contributed by atoms with Gasteiger partial charge in [-0.1, -0.05) is 24.3 Å². The number of benzene rings is 2. The fraction of sp³-hybridized carbons (Fsp3) is 0.111. The van der Waals surface area contributed by atoms with Crippen LogP contribution in [0.5, 0.6) is 0 Å². The van der Waals surface area contributed by atoms with Gasteiger partial charge < -0.3 is 4.42 Å². The van der Waals surface area contributed by atoms with Gasteiger partial charge in [0.1, 0.15) is 5.58 Å². The Balaban J connectivity index is 2.13. The predicted octanol–water partition coefficient (Wildman–Crippen LogP) is 4.15. The molecule has 2 aromatic carbocycles. The lowest BCUT2D eigenvalue weighted by Gasteiger charge is -1.99. The summed E-state index contributed by atoms with van der Waals surface area (Å²) in [6, 6.07) is 14.6. The fourth-order valence-corrected chi connectivity index (χ4v) is 2.41. The molecule has 0 fully saturated rings. The second kappa shape index (κ2) is 4.92. The molecule has 1 heterocycles. The molecule has 0 N–H and O–H groups in total. The first-order chi connectivity index (χ1) is 10.1. The van der Waals surface area contributed by atoms with Crippen molar-refractivity contribution in [2.24, 2.45) is 0 Å². The number of hydrogen-bond donors (Lipinski definition) is 0. The minimum atomic E-state index is -0.196. The summed E-state index contributed by atoms with van der Waals surface area (Å²) in [6.45, 7) is 3.86. The van der Waals surface area contributed by atoms with E-state index in [-0.39, 0.29) is 5.78 Å². The van der Waals surface area contributed by atoms with Crippen molar-refractivity contribution < 1.29 is 9.21 Å². The number of nitrogens with zero attached hydrogens (tertiary/aromatic N) is 1. The number of furan rings is 1. The van der Waals surface area contributed by atoms with Crippen molar-refractivity contribution in [2.75, 3.05) is 0 Å². The van der Waals surface area contributed by atoms with Crippen molar-refractivity contribution in [1.82, 2.24) is 0 Å². The Morgan fingerprint density at radius 3 is 2.71 bits per heavy atom. The molecular formula is C18H13NO2. The molecule has 21 heavy (non-hydrogen) atoms. The molecule has 0 aliphatic carbocycles. The van der Waals surface area contributed by atoms with Gasteiger partial charge in [-0.15, -0.1) is 0 Å². The molecule has 0 radical (unpaired) electrons. The standard InChI is InChI=1S/C18H13NO2/c1-11-6-7-15-12(2)18(21-16(15)8-11)17(20)14-5-3-4-13(9-14)10-19/h3-9H,1-2H3. The Hall–Kier alpha value is -2.86. The molecule has 0 aliphatic heterocycles. The molecular weight excluding hydrogens is 262 g/mol. The number of nitriles is 1. The first-order valence-corrected chi connectivity index (χ1v) is 6.65. The van der Waals surface area contributed by atoms with Gasteiger partial charge in [-0.25, -0.2) is 0 Å². The third-order valence-corrected chi connectivity index (χ3v) is 3.55. The van der Waals surface area contributed by atoms with E-state index in [1.54, 1.807) is 24.3 Å². The summed E-state index contributed by atoms with van der Waals surface area (Å²) in [5, 5.41) is 9.87. The summed E-state index contributed by atoms with van der Waals surface area (Å²) < 4.78 is 5.74. The maximum Gasteiger partial charge on any atom is 0.228 e. The Bertz CT molecular complexity index is 897. The highest BCUT2D eigenvalue weighted by molar-refractivity contribution is 6.10. The monoisotopic (exact) mass is 275 g/mol. The minimum Gasteiger partial charge on any atom is -0.452 e. The van der Waals surface area contributed by atoms with Crippen LogP contribution in [0, 0.1) is 25.2 Å². The van der Waals surface area contributed by atoms with Crippen molar-refractivity contribution in [3.63, 3.8) is 0 Å². The Morgan fingerprint density at radius 1 is 1.14 bits per heavy atom. The highest BCUT2D eigenvalue weighted by Gasteiger charge is 2.19. The van der Waals surface area contributed by atoms with Crippen molar-refractivity contribution in [3.8, 4) is 6.07 Å². The van der Waals surface area contributed by atoms with E-state index >= 15 is 0 Å². The van der Waals surface area contributed by atoms with Crippen LogP contribution in [-0.2, 0) is 0 Å². The van der Waals surface area contributed by atoms with Crippen molar-refractivity contribution in [1.29, 1.82) is 5.26 Å². The molecule has 0 aliphatic rings. The Kier molecular flexibility index (Phi) is 3.08. The number of carbonyl (C=O) groups is 1. The maximum absolute atomic E-state index is 12.6. The van der Waals surface area contributed by atoms with Crippen molar-refractivity contribution in [3.05, 3.63) is 70.5 Å². The molecule has 3 nitrogen and oxygen atoms in total. The van der Waals surface area contributed by atoms with Gasteiger partial charge in [-0.2, -0.15) is 5.26 Å². The molecule has 3 heteroatoms.